The summed E-state index contributed by atoms with van der Waals surface area (Å²) in [5.74, 6) is -1.31. The molecule has 8 nitrogen and oxygen atoms in total. The number of carbonyl (C=O) groups is 1. The summed E-state index contributed by atoms with van der Waals surface area (Å²) in [6, 6.07) is 8.77. The summed E-state index contributed by atoms with van der Waals surface area (Å²) in [5, 5.41) is 30.6. The van der Waals surface area contributed by atoms with Crippen molar-refractivity contribution in [1.82, 2.24) is 0 Å². The van der Waals surface area contributed by atoms with Crippen molar-refractivity contribution in [2.24, 2.45) is 0 Å². The normalized spacial score (nSPS) is 10.1. The molecule has 0 aliphatic rings. The molecule has 0 atom stereocenters. The first-order valence-electron chi connectivity index (χ1n) is 5.66. The van der Waals surface area contributed by atoms with E-state index in [0.717, 1.165) is 6.07 Å². The van der Waals surface area contributed by atoms with Gasteiger partial charge in [0.25, 0.3) is 11.4 Å². The molecular formula is C13H8N2O6. The van der Waals surface area contributed by atoms with E-state index in [4.69, 9.17) is 5.11 Å². The van der Waals surface area contributed by atoms with Gasteiger partial charge in [-0.05, 0) is 17.2 Å². The maximum Gasteiger partial charge on any atom is 0.335 e. The summed E-state index contributed by atoms with van der Waals surface area (Å²) in [4.78, 5) is 31.3. The molecule has 0 aliphatic carbocycles. The Hall–Kier alpha value is -3.29. The highest BCUT2D eigenvalue weighted by molar-refractivity contribution is 5.90. The van der Waals surface area contributed by atoms with Crippen LogP contribution in [-0.2, 0) is 0 Å². The van der Waals surface area contributed by atoms with Gasteiger partial charge in [0.15, 0.2) is 0 Å². The first-order valence-corrected chi connectivity index (χ1v) is 5.66. The van der Waals surface area contributed by atoms with Gasteiger partial charge in [-0.15, -0.1) is 0 Å². The van der Waals surface area contributed by atoms with Crippen molar-refractivity contribution >= 4 is 17.3 Å². The number of aromatic carboxylic acids is 1. The highest BCUT2D eigenvalue weighted by atomic mass is 16.6. The first kappa shape index (κ1) is 14.1. The van der Waals surface area contributed by atoms with Crippen molar-refractivity contribution in [3.8, 4) is 11.1 Å². The van der Waals surface area contributed by atoms with Gasteiger partial charge in [0, 0.05) is 24.3 Å². The van der Waals surface area contributed by atoms with E-state index < -0.39 is 21.5 Å². The van der Waals surface area contributed by atoms with E-state index >= 15 is 0 Å². The second-order valence-corrected chi connectivity index (χ2v) is 4.14. The molecule has 0 radical (unpaired) electrons. The maximum absolute atomic E-state index is 11.0. The molecule has 2 aromatic rings. The number of carboxylic acid groups (broad SMARTS) is 1. The van der Waals surface area contributed by atoms with Crippen LogP contribution in [0.3, 0.4) is 0 Å². The summed E-state index contributed by atoms with van der Waals surface area (Å²) < 4.78 is 0. The fourth-order valence-electron chi connectivity index (χ4n) is 1.81. The quantitative estimate of drug-likeness (QED) is 0.681. The molecule has 0 spiro atoms. The van der Waals surface area contributed by atoms with E-state index in [1.165, 1.54) is 36.4 Å². The molecule has 0 fully saturated rings. The number of nitrogens with zero attached hydrogens (tertiary/aromatic N) is 2. The van der Waals surface area contributed by atoms with Gasteiger partial charge in [-0.2, -0.15) is 0 Å². The Labute approximate surface area is 117 Å². The molecule has 0 saturated carbocycles. The van der Waals surface area contributed by atoms with Crippen LogP contribution in [0.15, 0.2) is 42.5 Å². The molecule has 0 unspecified atom stereocenters. The highest BCUT2D eigenvalue weighted by Crippen LogP contribution is 2.28. The molecule has 0 amide bonds. The van der Waals surface area contributed by atoms with Crippen molar-refractivity contribution < 1.29 is 19.7 Å². The Balaban J connectivity index is 2.62. The fourth-order valence-corrected chi connectivity index (χ4v) is 1.81. The molecule has 106 valence electrons. The van der Waals surface area contributed by atoms with Crippen LogP contribution in [-0.4, -0.2) is 20.9 Å². The third kappa shape index (κ3) is 3.00. The Bertz CT molecular complexity index is 724. The highest BCUT2D eigenvalue weighted by Gasteiger charge is 2.16. The largest absolute Gasteiger partial charge is 0.478 e. The van der Waals surface area contributed by atoms with Crippen LogP contribution in [0.5, 0.6) is 0 Å². The summed E-state index contributed by atoms with van der Waals surface area (Å²) in [7, 11) is 0. The van der Waals surface area contributed by atoms with Crippen LogP contribution in [0.2, 0.25) is 0 Å². The molecule has 2 aromatic carbocycles. The Morgan fingerprint density at radius 2 is 1.52 bits per heavy atom. The van der Waals surface area contributed by atoms with Crippen molar-refractivity contribution in [2.45, 2.75) is 0 Å². The SMILES string of the molecule is O=C(O)c1cc(-c2cccc([N+](=O)[O-])c2)cc([N+](=O)[O-])c1. The number of hydrogen-bond donors (Lipinski definition) is 1. The van der Waals surface area contributed by atoms with Crippen LogP contribution in [0.25, 0.3) is 11.1 Å². The maximum atomic E-state index is 11.0. The van der Waals surface area contributed by atoms with Crippen LogP contribution < -0.4 is 0 Å². The number of benzene rings is 2. The van der Waals surface area contributed by atoms with Gasteiger partial charge >= 0.3 is 5.97 Å². The van der Waals surface area contributed by atoms with Crippen LogP contribution in [0, 0.1) is 20.2 Å². The van der Waals surface area contributed by atoms with Crippen molar-refractivity contribution in [2.75, 3.05) is 0 Å². The molecule has 21 heavy (non-hydrogen) atoms. The van der Waals surface area contributed by atoms with E-state index in [1.54, 1.807) is 0 Å². The smallest absolute Gasteiger partial charge is 0.335 e. The molecule has 0 heterocycles. The van der Waals surface area contributed by atoms with E-state index in [2.05, 4.69) is 0 Å². The lowest BCUT2D eigenvalue weighted by Gasteiger charge is -2.04. The van der Waals surface area contributed by atoms with Crippen LogP contribution >= 0.6 is 0 Å². The minimum absolute atomic E-state index is 0.184. The van der Waals surface area contributed by atoms with Crippen molar-refractivity contribution in [3.05, 3.63) is 68.3 Å². The Morgan fingerprint density at radius 3 is 2.10 bits per heavy atom. The molecule has 2 rings (SSSR count). The molecule has 0 saturated heterocycles. The molecule has 0 aromatic heterocycles. The first-order chi connectivity index (χ1) is 9.88. The zero-order chi connectivity index (χ0) is 15.6. The molecular weight excluding hydrogens is 280 g/mol. The average Bonchev–Trinajstić information content (AvgIpc) is 2.46. The Morgan fingerprint density at radius 1 is 0.905 bits per heavy atom. The summed E-state index contributed by atoms with van der Waals surface area (Å²) in [6.07, 6.45) is 0. The fraction of sp³-hybridized carbons (Fsp3) is 0. The minimum Gasteiger partial charge on any atom is -0.478 e. The average molecular weight is 288 g/mol. The third-order valence-electron chi connectivity index (χ3n) is 2.77. The van der Waals surface area contributed by atoms with Gasteiger partial charge in [-0.1, -0.05) is 12.1 Å². The van der Waals surface area contributed by atoms with Gasteiger partial charge in [0.2, 0.25) is 0 Å². The topological polar surface area (TPSA) is 124 Å². The summed E-state index contributed by atoms with van der Waals surface area (Å²) in [5.41, 5.74) is -0.279. The van der Waals surface area contributed by atoms with Gasteiger partial charge in [-0.25, -0.2) is 4.79 Å². The lowest BCUT2D eigenvalue weighted by atomic mass is 10.0. The number of hydrogen-bond acceptors (Lipinski definition) is 5. The zero-order valence-corrected chi connectivity index (χ0v) is 10.4. The zero-order valence-electron chi connectivity index (χ0n) is 10.4. The van der Waals surface area contributed by atoms with E-state index in [0.29, 0.717) is 5.56 Å². The van der Waals surface area contributed by atoms with Gasteiger partial charge in [-0.3, -0.25) is 20.2 Å². The van der Waals surface area contributed by atoms with Crippen molar-refractivity contribution in [3.63, 3.8) is 0 Å². The second-order valence-electron chi connectivity index (χ2n) is 4.14. The lowest BCUT2D eigenvalue weighted by molar-refractivity contribution is -0.385. The standard InChI is InChI=1S/C13H8N2O6/c16-13(17)10-4-9(6-12(7-10)15(20)21)8-2-1-3-11(5-8)14(18)19/h1-7H,(H,16,17). The van der Waals surface area contributed by atoms with E-state index in [-0.39, 0.29) is 16.8 Å². The summed E-state index contributed by atoms with van der Waals surface area (Å²) >= 11 is 0. The summed E-state index contributed by atoms with van der Waals surface area (Å²) in [6.45, 7) is 0. The molecule has 8 heteroatoms. The number of rotatable bonds is 4. The van der Waals surface area contributed by atoms with Gasteiger partial charge in [0.05, 0.1) is 15.4 Å². The van der Waals surface area contributed by atoms with Crippen LogP contribution in [0.1, 0.15) is 10.4 Å². The second kappa shape index (κ2) is 5.37. The molecule has 1 N–H and O–H groups in total. The van der Waals surface area contributed by atoms with E-state index in [1.807, 2.05) is 0 Å². The molecule has 0 bridgehead atoms. The van der Waals surface area contributed by atoms with Gasteiger partial charge in [0.1, 0.15) is 0 Å². The lowest BCUT2D eigenvalue weighted by Crippen LogP contribution is -1.99. The Kier molecular flexibility index (Phi) is 3.61. The van der Waals surface area contributed by atoms with Crippen molar-refractivity contribution in [1.29, 1.82) is 0 Å². The van der Waals surface area contributed by atoms with E-state index in [9.17, 15) is 25.0 Å². The number of nitro benzene ring substituents is 2. The minimum atomic E-state index is -1.31. The number of carboxylic acids is 1. The number of non-ortho nitro benzene ring substituents is 2. The van der Waals surface area contributed by atoms with Crippen LogP contribution in [0.4, 0.5) is 11.4 Å². The molecule has 0 aliphatic heterocycles. The number of nitro groups is 2. The monoisotopic (exact) mass is 288 g/mol. The third-order valence-corrected chi connectivity index (χ3v) is 2.77. The van der Waals surface area contributed by atoms with Gasteiger partial charge < -0.3 is 5.11 Å². The predicted octanol–water partition coefficient (Wildman–Crippen LogP) is 2.87. The predicted molar refractivity (Wildman–Crippen MR) is 72.1 cm³/mol.